The number of fused-ring (bicyclic) bond motifs is 1. The lowest BCUT2D eigenvalue weighted by Gasteiger charge is -2.38. The van der Waals surface area contributed by atoms with Gasteiger partial charge in [0, 0.05) is 0 Å². The van der Waals surface area contributed by atoms with Crippen molar-refractivity contribution < 1.29 is 19.0 Å². The van der Waals surface area contributed by atoms with Gasteiger partial charge in [0.05, 0.1) is 13.2 Å². The summed E-state index contributed by atoms with van der Waals surface area (Å²) < 4.78 is 16.9. The molecule has 0 aliphatic carbocycles. The van der Waals surface area contributed by atoms with Gasteiger partial charge in [-0.2, -0.15) is 0 Å². The Morgan fingerprint density at radius 2 is 2.00 bits per heavy atom. The van der Waals surface area contributed by atoms with E-state index in [1.807, 2.05) is 0 Å². The van der Waals surface area contributed by atoms with Crippen molar-refractivity contribution in [2.24, 2.45) is 0 Å². The first-order valence-electron chi connectivity index (χ1n) is 6.31. The average molecular weight is 260 g/mol. The Hall–Kier alpha value is 0.0569. The Morgan fingerprint density at radius 3 is 2.59 bits per heavy atom. The molecule has 2 aliphatic heterocycles. The number of hydrogen-bond acceptors (Lipinski definition) is 4. The van der Waals surface area contributed by atoms with Gasteiger partial charge in [0.25, 0.3) is 0 Å². The molecule has 2 heterocycles. The highest BCUT2D eigenvalue weighted by atomic mass is 28.4. The van der Waals surface area contributed by atoms with Crippen LogP contribution in [0.15, 0.2) is 0 Å². The van der Waals surface area contributed by atoms with Gasteiger partial charge in [-0.3, -0.25) is 0 Å². The van der Waals surface area contributed by atoms with E-state index in [1.165, 1.54) is 0 Å². The molecule has 0 amide bonds. The third-order valence-corrected chi connectivity index (χ3v) is 8.73. The molecule has 4 atom stereocenters. The van der Waals surface area contributed by atoms with Crippen molar-refractivity contribution in [3.8, 4) is 0 Å². The first-order chi connectivity index (χ1) is 7.72. The minimum Gasteiger partial charge on any atom is -0.414 e. The summed E-state index contributed by atoms with van der Waals surface area (Å²) >= 11 is 0. The van der Waals surface area contributed by atoms with E-state index in [1.54, 1.807) is 0 Å². The molecule has 0 unspecified atom stereocenters. The summed E-state index contributed by atoms with van der Waals surface area (Å²) in [5.74, 6) is 0. The summed E-state index contributed by atoms with van der Waals surface area (Å²) in [6.07, 6.45) is -0.655. The van der Waals surface area contributed by atoms with E-state index >= 15 is 0 Å². The molecule has 0 aromatic carbocycles. The average Bonchev–Trinajstić information content (AvgIpc) is 2.95. The second-order valence-electron chi connectivity index (χ2n) is 6.57. The molecule has 0 bridgehead atoms. The molecule has 2 aliphatic rings. The highest BCUT2D eigenvalue weighted by Crippen LogP contribution is 2.38. The largest absolute Gasteiger partial charge is 0.414 e. The van der Waals surface area contributed by atoms with Crippen molar-refractivity contribution in [1.29, 1.82) is 0 Å². The first kappa shape index (κ1) is 13.5. The predicted octanol–water partition coefficient (Wildman–Crippen LogP) is 1.54. The van der Waals surface area contributed by atoms with Gasteiger partial charge in [-0.05, 0) is 18.1 Å². The zero-order valence-corrected chi connectivity index (χ0v) is 12.4. The Labute approximate surface area is 104 Å². The fourth-order valence-corrected chi connectivity index (χ4v) is 2.79. The second-order valence-corrected chi connectivity index (χ2v) is 11.4. The number of aliphatic hydroxyl groups excluding tert-OH is 1. The first-order valence-corrected chi connectivity index (χ1v) is 9.22. The molecular formula is C12H24O4Si. The van der Waals surface area contributed by atoms with Crippen LogP contribution in [0.4, 0.5) is 0 Å². The van der Waals surface area contributed by atoms with Gasteiger partial charge >= 0.3 is 0 Å². The van der Waals surface area contributed by atoms with E-state index in [4.69, 9.17) is 13.9 Å². The van der Waals surface area contributed by atoms with Crippen LogP contribution in [0.2, 0.25) is 18.1 Å². The van der Waals surface area contributed by atoms with E-state index < -0.39 is 14.4 Å². The summed E-state index contributed by atoms with van der Waals surface area (Å²) in [6.45, 7) is 12.1. The smallest absolute Gasteiger partial charge is 0.192 e. The van der Waals surface area contributed by atoms with Gasteiger partial charge in [0.2, 0.25) is 0 Å². The minimum atomic E-state index is -1.76. The predicted molar refractivity (Wildman–Crippen MR) is 67.6 cm³/mol. The maximum atomic E-state index is 9.96. The van der Waals surface area contributed by atoms with E-state index in [0.29, 0.717) is 13.2 Å². The van der Waals surface area contributed by atoms with Gasteiger partial charge in [-0.15, -0.1) is 0 Å². The Morgan fingerprint density at radius 1 is 1.35 bits per heavy atom. The van der Waals surface area contributed by atoms with Crippen molar-refractivity contribution in [3.63, 3.8) is 0 Å². The van der Waals surface area contributed by atoms with Crippen molar-refractivity contribution in [3.05, 3.63) is 0 Å². The number of hydrogen-bond donors (Lipinski definition) is 1. The zero-order valence-electron chi connectivity index (χ0n) is 11.4. The molecule has 0 saturated carbocycles. The van der Waals surface area contributed by atoms with E-state index in [-0.39, 0.29) is 23.4 Å². The van der Waals surface area contributed by atoms with E-state index in [9.17, 15) is 5.11 Å². The highest BCUT2D eigenvalue weighted by Gasteiger charge is 2.52. The molecule has 5 heteroatoms. The van der Waals surface area contributed by atoms with Crippen LogP contribution in [0.5, 0.6) is 0 Å². The van der Waals surface area contributed by atoms with Crippen molar-refractivity contribution >= 4 is 8.32 Å². The molecular weight excluding hydrogens is 236 g/mol. The number of ether oxygens (including phenoxy) is 2. The molecule has 0 radical (unpaired) electrons. The molecule has 0 spiro atoms. The SMILES string of the molecule is CC(C)(C)[Si](C)(C)OC[C@@H]1OC[C@H]2O[C@H]2[C@H]1O. The maximum absolute atomic E-state index is 9.96. The van der Waals surface area contributed by atoms with Crippen LogP contribution >= 0.6 is 0 Å². The summed E-state index contributed by atoms with van der Waals surface area (Å²) in [6, 6.07) is 0. The second kappa shape index (κ2) is 4.31. The van der Waals surface area contributed by atoms with Crippen LogP contribution in [0.1, 0.15) is 20.8 Å². The Kier molecular flexibility index (Phi) is 3.42. The van der Waals surface area contributed by atoms with E-state index in [2.05, 4.69) is 33.9 Å². The van der Waals surface area contributed by atoms with Gasteiger partial charge in [-0.25, -0.2) is 0 Å². The van der Waals surface area contributed by atoms with Crippen LogP contribution in [0.3, 0.4) is 0 Å². The lowest BCUT2D eigenvalue weighted by molar-refractivity contribution is -0.0782. The van der Waals surface area contributed by atoms with Crippen LogP contribution in [0, 0.1) is 0 Å². The van der Waals surface area contributed by atoms with Gasteiger partial charge in [0.1, 0.15) is 24.4 Å². The number of rotatable bonds is 3. The van der Waals surface area contributed by atoms with Gasteiger partial charge < -0.3 is 19.0 Å². The Balaban J connectivity index is 1.85. The zero-order chi connectivity index (χ0) is 12.8. The number of aliphatic hydroxyl groups is 1. The highest BCUT2D eigenvalue weighted by molar-refractivity contribution is 6.74. The van der Waals surface area contributed by atoms with Crippen molar-refractivity contribution in [1.82, 2.24) is 0 Å². The quantitative estimate of drug-likeness (QED) is 0.618. The van der Waals surface area contributed by atoms with Crippen LogP contribution < -0.4 is 0 Å². The fraction of sp³-hybridized carbons (Fsp3) is 1.00. The van der Waals surface area contributed by atoms with Crippen LogP contribution in [0.25, 0.3) is 0 Å². The lowest BCUT2D eigenvalue weighted by Crippen LogP contribution is -2.48. The van der Waals surface area contributed by atoms with E-state index in [0.717, 1.165) is 0 Å². The number of epoxide rings is 1. The summed E-state index contributed by atoms with van der Waals surface area (Å²) in [5, 5.41) is 10.1. The Bertz CT molecular complexity index is 287. The topological polar surface area (TPSA) is 51.2 Å². The molecule has 2 rings (SSSR count). The third-order valence-electron chi connectivity index (χ3n) is 4.23. The van der Waals surface area contributed by atoms with Crippen LogP contribution in [-0.4, -0.2) is 51.1 Å². The molecule has 1 N–H and O–H groups in total. The third kappa shape index (κ3) is 2.74. The normalized spacial score (nSPS) is 37.8. The van der Waals surface area contributed by atoms with Crippen molar-refractivity contribution in [2.75, 3.05) is 13.2 Å². The lowest BCUT2D eigenvalue weighted by atomic mass is 10.1. The molecule has 0 aromatic heterocycles. The van der Waals surface area contributed by atoms with Gasteiger partial charge in [-0.1, -0.05) is 20.8 Å². The molecule has 2 fully saturated rings. The summed E-state index contributed by atoms with van der Waals surface area (Å²) in [7, 11) is -1.76. The maximum Gasteiger partial charge on any atom is 0.192 e. The van der Waals surface area contributed by atoms with Gasteiger partial charge in [0.15, 0.2) is 8.32 Å². The fourth-order valence-electron chi connectivity index (χ4n) is 1.77. The van der Waals surface area contributed by atoms with Crippen LogP contribution in [-0.2, 0) is 13.9 Å². The summed E-state index contributed by atoms with van der Waals surface area (Å²) in [4.78, 5) is 0. The molecule has 100 valence electrons. The standard InChI is InChI=1S/C12H24O4Si/c1-12(2,3)17(4,5)15-7-8-10(13)11-9(16-11)6-14-8/h8-11,13H,6-7H2,1-5H3/t8-,9+,10-,11+/m0/s1. The molecule has 2 saturated heterocycles. The molecule has 0 aromatic rings. The summed E-state index contributed by atoms with van der Waals surface area (Å²) in [5.41, 5.74) is 0. The molecule has 4 nitrogen and oxygen atoms in total. The monoisotopic (exact) mass is 260 g/mol. The van der Waals surface area contributed by atoms with Crippen molar-refractivity contribution in [2.45, 2.75) is 63.3 Å². The molecule has 17 heavy (non-hydrogen) atoms. The minimum absolute atomic E-state index is 0.0169.